The first-order valence-corrected chi connectivity index (χ1v) is 6.55. The number of fused-ring (bicyclic) bond motifs is 1. The molecule has 0 aliphatic carbocycles. The van der Waals surface area contributed by atoms with Gasteiger partial charge < -0.3 is 22.1 Å². The van der Waals surface area contributed by atoms with E-state index in [2.05, 4.69) is 48.9 Å². The second-order valence-corrected chi connectivity index (χ2v) is 4.95. The van der Waals surface area contributed by atoms with Gasteiger partial charge in [0.1, 0.15) is 13.2 Å². The van der Waals surface area contributed by atoms with Gasteiger partial charge in [-0.25, -0.2) is 4.58 Å². The van der Waals surface area contributed by atoms with Crippen LogP contribution < -0.4 is 17.0 Å². The Bertz CT molecular complexity index is 417. The zero-order valence-corrected chi connectivity index (χ0v) is 12.7. The molecule has 0 radical (unpaired) electrons. The molecular formula is C15H22BrNO. The first kappa shape index (κ1) is 15.4. The first-order valence-electron chi connectivity index (χ1n) is 6.55. The Balaban J connectivity index is 0.00000162. The SMILES string of the molecule is CC[C@H](C)[C@@H](CO)[N+]1=Cc2ccccc2CC1.[Br-]. The van der Waals surface area contributed by atoms with E-state index in [1.54, 1.807) is 0 Å². The van der Waals surface area contributed by atoms with Gasteiger partial charge in [0.25, 0.3) is 0 Å². The van der Waals surface area contributed by atoms with Gasteiger partial charge >= 0.3 is 0 Å². The number of nitrogens with zero attached hydrogens (tertiary/aromatic N) is 1. The summed E-state index contributed by atoms with van der Waals surface area (Å²) >= 11 is 0. The van der Waals surface area contributed by atoms with Crippen LogP contribution >= 0.6 is 0 Å². The monoisotopic (exact) mass is 311 g/mol. The highest BCUT2D eigenvalue weighted by molar-refractivity contribution is 5.78. The highest BCUT2D eigenvalue weighted by Gasteiger charge is 2.28. The Morgan fingerprint density at radius 2 is 2.06 bits per heavy atom. The smallest absolute Gasteiger partial charge is 0.178 e. The number of aliphatic hydroxyl groups excluding tert-OH is 1. The number of hydrogen-bond donors (Lipinski definition) is 1. The van der Waals surface area contributed by atoms with E-state index in [0.717, 1.165) is 19.4 Å². The van der Waals surface area contributed by atoms with Crippen molar-refractivity contribution < 1.29 is 26.7 Å². The number of rotatable bonds is 4. The fourth-order valence-electron chi connectivity index (χ4n) is 2.53. The molecule has 1 heterocycles. The Morgan fingerprint density at radius 1 is 1.33 bits per heavy atom. The van der Waals surface area contributed by atoms with Crippen molar-refractivity contribution in [3.63, 3.8) is 0 Å². The van der Waals surface area contributed by atoms with Gasteiger partial charge in [-0.05, 0) is 18.1 Å². The maximum absolute atomic E-state index is 9.57. The lowest BCUT2D eigenvalue weighted by Gasteiger charge is -2.22. The Kier molecular flexibility index (Phi) is 6.03. The minimum atomic E-state index is 0. The van der Waals surface area contributed by atoms with Crippen molar-refractivity contribution in [1.82, 2.24) is 0 Å². The van der Waals surface area contributed by atoms with E-state index in [1.165, 1.54) is 11.1 Å². The van der Waals surface area contributed by atoms with Crippen LogP contribution in [0.15, 0.2) is 24.3 Å². The molecule has 2 rings (SSSR count). The third-order valence-electron chi connectivity index (χ3n) is 3.91. The summed E-state index contributed by atoms with van der Waals surface area (Å²) in [6.07, 6.45) is 4.41. The standard InChI is InChI=1S/C15H22NO.BrH/c1-3-12(2)15(11-17)16-9-8-13-6-4-5-7-14(13)10-16;/h4-7,10,12,15,17H,3,8-9,11H2,1-2H3;1H/q+1;/p-1/t12-,15+;/m0./s1. The van der Waals surface area contributed by atoms with Crippen LogP contribution in [-0.2, 0) is 6.42 Å². The van der Waals surface area contributed by atoms with Crippen molar-refractivity contribution in [2.24, 2.45) is 5.92 Å². The maximum Gasteiger partial charge on any atom is 0.178 e. The summed E-state index contributed by atoms with van der Waals surface area (Å²) in [5, 5.41) is 9.57. The van der Waals surface area contributed by atoms with Gasteiger partial charge in [-0.1, -0.05) is 32.0 Å². The molecule has 1 aromatic rings. The zero-order valence-electron chi connectivity index (χ0n) is 11.1. The van der Waals surface area contributed by atoms with Crippen LogP contribution in [0.25, 0.3) is 0 Å². The number of aliphatic hydroxyl groups is 1. The molecule has 2 nitrogen and oxygen atoms in total. The summed E-state index contributed by atoms with van der Waals surface area (Å²) in [6.45, 7) is 5.67. The van der Waals surface area contributed by atoms with Gasteiger partial charge in [-0.2, -0.15) is 0 Å². The fourth-order valence-corrected chi connectivity index (χ4v) is 2.53. The fraction of sp³-hybridized carbons (Fsp3) is 0.533. The van der Waals surface area contributed by atoms with Crippen LogP contribution in [0.2, 0.25) is 0 Å². The molecule has 0 aromatic heterocycles. The van der Waals surface area contributed by atoms with Gasteiger partial charge in [0.05, 0.1) is 0 Å². The van der Waals surface area contributed by atoms with Gasteiger partial charge in [0.2, 0.25) is 0 Å². The normalized spacial score (nSPS) is 17.2. The maximum atomic E-state index is 9.57. The predicted octanol–water partition coefficient (Wildman–Crippen LogP) is -0.915. The highest BCUT2D eigenvalue weighted by atomic mass is 79.9. The third-order valence-corrected chi connectivity index (χ3v) is 3.91. The molecule has 2 atom stereocenters. The summed E-state index contributed by atoms with van der Waals surface area (Å²) in [7, 11) is 0. The van der Waals surface area contributed by atoms with Crippen molar-refractivity contribution in [3.8, 4) is 0 Å². The van der Waals surface area contributed by atoms with E-state index in [1.807, 2.05) is 0 Å². The molecule has 0 saturated heterocycles. The average Bonchev–Trinajstić information content (AvgIpc) is 2.39. The quantitative estimate of drug-likeness (QED) is 0.715. The van der Waals surface area contributed by atoms with Crippen LogP contribution in [0.4, 0.5) is 0 Å². The number of benzene rings is 1. The van der Waals surface area contributed by atoms with Gasteiger partial charge in [-0.3, -0.25) is 0 Å². The van der Waals surface area contributed by atoms with Gasteiger partial charge in [-0.15, -0.1) is 0 Å². The molecule has 0 bridgehead atoms. The molecule has 1 aromatic carbocycles. The molecule has 0 amide bonds. The molecular weight excluding hydrogens is 290 g/mol. The van der Waals surface area contributed by atoms with Crippen molar-refractivity contribution in [2.45, 2.75) is 32.7 Å². The lowest BCUT2D eigenvalue weighted by Crippen LogP contribution is -3.00. The summed E-state index contributed by atoms with van der Waals surface area (Å²) < 4.78 is 2.32. The van der Waals surface area contributed by atoms with Gasteiger partial charge in [0, 0.05) is 17.9 Å². The summed E-state index contributed by atoms with van der Waals surface area (Å²) in [5.74, 6) is 0.529. The summed E-state index contributed by atoms with van der Waals surface area (Å²) in [6, 6.07) is 8.79. The summed E-state index contributed by atoms with van der Waals surface area (Å²) in [5.41, 5.74) is 2.73. The van der Waals surface area contributed by atoms with Crippen molar-refractivity contribution in [2.75, 3.05) is 13.2 Å². The molecule has 0 saturated carbocycles. The van der Waals surface area contributed by atoms with E-state index in [0.29, 0.717) is 5.92 Å². The number of hydrogen-bond acceptors (Lipinski definition) is 1. The van der Waals surface area contributed by atoms with E-state index >= 15 is 0 Å². The number of halogens is 1. The molecule has 0 fully saturated rings. The van der Waals surface area contributed by atoms with Crippen LogP contribution in [-0.4, -0.2) is 35.1 Å². The minimum Gasteiger partial charge on any atom is -1.00 e. The first-order chi connectivity index (χ1) is 8.26. The highest BCUT2D eigenvalue weighted by Crippen LogP contribution is 2.16. The van der Waals surface area contributed by atoms with Crippen molar-refractivity contribution in [3.05, 3.63) is 35.4 Å². The van der Waals surface area contributed by atoms with E-state index in [4.69, 9.17) is 0 Å². The van der Waals surface area contributed by atoms with E-state index < -0.39 is 0 Å². The zero-order chi connectivity index (χ0) is 12.3. The predicted molar refractivity (Wildman–Crippen MR) is 70.8 cm³/mol. The molecule has 0 unspecified atom stereocenters. The molecule has 100 valence electrons. The average molecular weight is 312 g/mol. The summed E-state index contributed by atoms with van der Waals surface area (Å²) in [4.78, 5) is 0. The van der Waals surface area contributed by atoms with Crippen LogP contribution in [0.5, 0.6) is 0 Å². The Labute approximate surface area is 120 Å². The van der Waals surface area contributed by atoms with Gasteiger partial charge in [0.15, 0.2) is 12.3 Å². The minimum absolute atomic E-state index is 0. The lowest BCUT2D eigenvalue weighted by molar-refractivity contribution is -0.573. The molecule has 0 spiro atoms. The largest absolute Gasteiger partial charge is 1.00 e. The molecule has 1 aliphatic rings. The second kappa shape index (κ2) is 7.05. The second-order valence-electron chi connectivity index (χ2n) is 4.95. The molecule has 3 heteroatoms. The molecule has 1 aliphatic heterocycles. The van der Waals surface area contributed by atoms with Crippen molar-refractivity contribution >= 4 is 6.21 Å². The Hall–Kier alpha value is -0.670. The van der Waals surface area contributed by atoms with Crippen molar-refractivity contribution in [1.29, 1.82) is 0 Å². The molecule has 18 heavy (non-hydrogen) atoms. The topological polar surface area (TPSA) is 23.2 Å². The van der Waals surface area contributed by atoms with E-state index in [-0.39, 0.29) is 29.6 Å². The van der Waals surface area contributed by atoms with E-state index in [9.17, 15) is 5.11 Å². The van der Waals surface area contributed by atoms with Crippen LogP contribution in [0, 0.1) is 5.92 Å². The Morgan fingerprint density at radius 3 is 2.72 bits per heavy atom. The molecule has 1 N–H and O–H groups in total. The third kappa shape index (κ3) is 3.21. The lowest BCUT2D eigenvalue weighted by atomic mass is 9.96. The van der Waals surface area contributed by atoms with Crippen LogP contribution in [0.1, 0.15) is 31.4 Å². The van der Waals surface area contributed by atoms with Crippen LogP contribution in [0.3, 0.4) is 0 Å².